The van der Waals surface area contributed by atoms with Crippen LogP contribution in [0.15, 0.2) is 84.6 Å². The normalized spacial score (nSPS) is 25.0. The van der Waals surface area contributed by atoms with Crippen molar-refractivity contribution in [2.24, 2.45) is 0 Å². The molecule has 4 heteroatoms. The second-order valence-electron chi connectivity index (χ2n) is 12.1. The fourth-order valence-corrected chi connectivity index (χ4v) is 7.79. The lowest BCUT2D eigenvalue weighted by molar-refractivity contribution is -0.117. The molecule has 0 amide bonds. The van der Waals surface area contributed by atoms with Gasteiger partial charge in [-0.05, 0) is 78.1 Å². The molecule has 2 aliphatic heterocycles. The molecule has 0 spiro atoms. The van der Waals surface area contributed by atoms with Crippen molar-refractivity contribution < 1.29 is 4.79 Å². The van der Waals surface area contributed by atoms with Gasteiger partial charge in [-0.3, -0.25) is 4.79 Å². The van der Waals surface area contributed by atoms with Crippen LogP contribution in [-0.2, 0) is 15.6 Å². The van der Waals surface area contributed by atoms with Gasteiger partial charge in [-0.1, -0.05) is 67.6 Å². The molecule has 0 saturated heterocycles. The number of anilines is 2. The first-order valence-corrected chi connectivity index (χ1v) is 13.8. The predicted octanol–water partition coefficient (Wildman–Crippen LogP) is 7.77. The largest absolute Gasteiger partial charge is 0.367 e. The second-order valence-corrected chi connectivity index (χ2v) is 12.1. The highest BCUT2D eigenvalue weighted by Gasteiger charge is 2.50. The first kappa shape index (κ1) is 25.4. The number of likely N-dealkylation sites (N-methyl/N-ethyl adjacent to an activating group) is 2. The van der Waals surface area contributed by atoms with Crippen LogP contribution in [0.2, 0.25) is 0 Å². The van der Waals surface area contributed by atoms with Crippen molar-refractivity contribution in [1.29, 1.82) is 5.41 Å². The average molecular weight is 516 g/mol. The van der Waals surface area contributed by atoms with E-state index in [0.717, 1.165) is 11.4 Å². The van der Waals surface area contributed by atoms with E-state index in [4.69, 9.17) is 5.41 Å². The zero-order valence-corrected chi connectivity index (χ0v) is 23.8. The van der Waals surface area contributed by atoms with Gasteiger partial charge in [-0.15, -0.1) is 0 Å². The number of carbonyl (C=O) groups is 1. The molecule has 0 radical (unpaired) electrons. The minimum Gasteiger partial charge on any atom is -0.367 e. The van der Waals surface area contributed by atoms with Gasteiger partial charge in [-0.2, -0.15) is 0 Å². The molecule has 0 aromatic heterocycles. The van der Waals surface area contributed by atoms with Crippen LogP contribution in [0.4, 0.5) is 11.4 Å². The lowest BCUT2D eigenvalue weighted by Gasteiger charge is -2.37. The van der Waals surface area contributed by atoms with Crippen LogP contribution in [0.25, 0.3) is 21.5 Å². The summed E-state index contributed by atoms with van der Waals surface area (Å²) in [6.07, 6.45) is 3.52. The molecule has 0 bridgehead atoms. The minimum absolute atomic E-state index is 0.0166. The van der Waals surface area contributed by atoms with Crippen LogP contribution < -0.4 is 9.80 Å². The van der Waals surface area contributed by atoms with Crippen molar-refractivity contribution in [2.75, 3.05) is 23.9 Å². The fourth-order valence-electron chi connectivity index (χ4n) is 7.79. The minimum atomic E-state index is -0.463. The van der Waals surface area contributed by atoms with Gasteiger partial charge in [0.05, 0.1) is 6.04 Å². The predicted molar refractivity (Wildman–Crippen MR) is 165 cm³/mol. The molecule has 4 aromatic carbocycles. The summed E-state index contributed by atoms with van der Waals surface area (Å²) in [4.78, 5) is 17.5. The topological polar surface area (TPSA) is 47.4 Å². The molecule has 198 valence electrons. The van der Waals surface area contributed by atoms with E-state index >= 15 is 0 Å². The molecule has 0 aliphatic carbocycles. The van der Waals surface area contributed by atoms with Gasteiger partial charge in [0.25, 0.3) is 0 Å². The van der Waals surface area contributed by atoms with E-state index < -0.39 is 5.41 Å². The number of allylic oxidation sites excluding steroid dienone is 1. The maximum Gasteiger partial charge on any atom is 0.131 e. The van der Waals surface area contributed by atoms with Gasteiger partial charge in [0.15, 0.2) is 0 Å². The standard InChI is InChI=1S/C35H37N3O/c1-22(36)20-34(3)30(37(5)28-17-15-24-11-7-9-13-26(24)32(28)34)19-31-35(4,21-23(2)39)33-27-14-10-8-12-25(27)16-18-29(33)38(31)6/h7-19,30,36H,20-21H2,1-6H3/b31-19+,36-22?. The van der Waals surface area contributed by atoms with Crippen LogP contribution in [0.1, 0.15) is 51.7 Å². The molecule has 2 aliphatic rings. The summed E-state index contributed by atoms with van der Waals surface area (Å²) in [5.41, 5.74) is 6.00. The van der Waals surface area contributed by atoms with Crippen LogP contribution in [0.3, 0.4) is 0 Å². The summed E-state index contributed by atoms with van der Waals surface area (Å²) in [6.45, 7) is 8.19. The van der Waals surface area contributed by atoms with Crippen LogP contribution in [0.5, 0.6) is 0 Å². The molecule has 0 fully saturated rings. The molecule has 0 saturated carbocycles. The van der Waals surface area contributed by atoms with E-state index in [1.54, 1.807) is 6.92 Å². The Labute approximate surface area is 231 Å². The lowest BCUT2D eigenvalue weighted by atomic mass is 9.70. The van der Waals surface area contributed by atoms with E-state index in [9.17, 15) is 4.79 Å². The van der Waals surface area contributed by atoms with E-state index in [1.165, 1.54) is 38.4 Å². The Balaban J connectivity index is 1.60. The molecule has 3 atom stereocenters. The SMILES string of the molecule is CC(=N)CC1(C)c2c(ccc3ccccc23)N(C)C1/C=C1/N(C)c2ccc3ccccc3c2C1(C)CC(C)=O. The summed E-state index contributed by atoms with van der Waals surface area (Å²) < 4.78 is 0. The number of Topliss-reactive ketones (excluding diaryl/α,β-unsaturated/α-hetero) is 1. The Morgan fingerprint density at radius 2 is 1.38 bits per heavy atom. The molecule has 1 N–H and O–H groups in total. The Bertz CT molecular complexity index is 1700. The Morgan fingerprint density at radius 1 is 0.821 bits per heavy atom. The molecule has 2 heterocycles. The first-order valence-electron chi connectivity index (χ1n) is 13.8. The highest BCUT2D eigenvalue weighted by Crippen LogP contribution is 2.55. The van der Waals surface area contributed by atoms with Crippen LogP contribution in [0, 0.1) is 5.41 Å². The van der Waals surface area contributed by atoms with Crippen molar-refractivity contribution in [2.45, 2.75) is 57.4 Å². The summed E-state index contributed by atoms with van der Waals surface area (Å²) in [5.74, 6) is 0.185. The quantitative estimate of drug-likeness (QED) is 0.276. The number of benzene rings is 4. The van der Waals surface area contributed by atoms with Gasteiger partial charge in [0.2, 0.25) is 0 Å². The number of nitrogens with one attached hydrogen (secondary N) is 1. The molecule has 4 nitrogen and oxygen atoms in total. The molecular weight excluding hydrogens is 478 g/mol. The lowest BCUT2D eigenvalue weighted by Crippen LogP contribution is -2.43. The number of fused-ring (bicyclic) bond motifs is 6. The van der Waals surface area contributed by atoms with Crippen molar-refractivity contribution in [3.8, 4) is 0 Å². The Morgan fingerprint density at radius 3 is 1.97 bits per heavy atom. The van der Waals surface area contributed by atoms with Gasteiger partial charge in [0, 0.05) is 54.1 Å². The Kier molecular flexibility index (Phi) is 5.73. The molecular formula is C35H37N3O. The van der Waals surface area contributed by atoms with E-state index in [1.807, 2.05) is 6.92 Å². The highest BCUT2D eigenvalue weighted by atomic mass is 16.1. The van der Waals surface area contributed by atoms with E-state index in [0.29, 0.717) is 18.6 Å². The van der Waals surface area contributed by atoms with Gasteiger partial charge in [0.1, 0.15) is 5.78 Å². The van der Waals surface area contributed by atoms with Gasteiger partial charge >= 0.3 is 0 Å². The summed E-state index contributed by atoms with van der Waals surface area (Å²) in [7, 11) is 4.32. The van der Waals surface area contributed by atoms with Crippen molar-refractivity contribution >= 4 is 44.4 Å². The molecule has 39 heavy (non-hydrogen) atoms. The van der Waals surface area contributed by atoms with E-state index in [-0.39, 0.29) is 17.2 Å². The zero-order valence-electron chi connectivity index (χ0n) is 23.8. The van der Waals surface area contributed by atoms with Crippen molar-refractivity contribution in [3.63, 3.8) is 0 Å². The number of hydrogen-bond donors (Lipinski definition) is 1. The third-order valence-corrected chi connectivity index (χ3v) is 9.23. The average Bonchev–Trinajstić information content (AvgIpc) is 3.23. The second kappa shape index (κ2) is 8.81. The fraction of sp³-hybridized carbons (Fsp3) is 0.314. The van der Waals surface area contributed by atoms with E-state index in [2.05, 4.69) is 117 Å². The highest BCUT2D eigenvalue weighted by molar-refractivity contribution is 5.97. The monoisotopic (exact) mass is 515 g/mol. The number of carbonyl (C=O) groups excluding carboxylic acids is 1. The van der Waals surface area contributed by atoms with Crippen molar-refractivity contribution in [3.05, 3.63) is 95.7 Å². The number of ketones is 1. The zero-order chi connectivity index (χ0) is 27.7. The third-order valence-electron chi connectivity index (χ3n) is 9.23. The number of rotatable bonds is 5. The third kappa shape index (κ3) is 3.65. The van der Waals surface area contributed by atoms with Gasteiger partial charge < -0.3 is 15.2 Å². The van der Waals surface area contributed by atoms with Crippen molar-refractivity contribution in [1.82, 2.24) is 0 Å². The Hall–Kier alpha value is -3.92. The maximum absolute atomic E-state index is 12.8. The molecule has 3 unspecified atom stereocenters. The summed E-state index contributed by atoms with van der Waals surface area (Å²) >= 11 is 0. The van der Waals surface area contributed by atoms with Crippen LogP contribution in [-0.4, -0.2) is 31.6 Å². The smallest absolute Gasteiger partial charge is 0.131 e. The maximum atomic E-state index is 12.8. The number of hydrogen-bond acceptors (Lipinski definition) is 4. The van der Waals surface area contributed by atoms with Gasteiger partial charge in [-0.25, -0.2) is 0 Å². The molecule has 4 aromatic rings. The van der Waals surface area contributed by atoms with Crippen LogP contribution >= 0.6 is 0 Å². The molecule has 6 rings (SSSR count). The number of nitrogens with zero attached hydrogens (tertiary/aromatic N) is 2. The summed E-state index contributed by atoms with van der Waals surface area (Å²) in [5, 5.41) is 13.5. The summed E-state index contributed by atoms with van der Waals surface area (Å²) in [6, 6.07) is 26.0. The first-order chi connectivity index (χ1) is 18.6.